The van der Waals surface area contributed by atoms with Crippen LogP contribution >= 0.6 is 11.3 Å². The number of rotatable bonds is 7. The SMILES string of the molecule is Cc1ccc([C@@H](CC[NH2+][C@@H](C)c2cccs2)c2ccco2)cc1. The van der Waals surface area contributed by atoms with Crippen LogP contribution in [-0.2, 0) is 0 Å². The van der Waals surface area contributed by atoms with Crippen molar-refractivity contribution in [1.82, 2.24) is 0 Å². The maximum atomic E-state index is 5.70. The fourth-order valence-corrected chi connectivity index (χ4v) is 3.72. The Hall–Kier alpha value is -1.84. The first-order chi connectivity index (χ1) is 11.2. The molecule has 0 saturated carbocycles. The lowest BCUT2D eigenvalue weighted by atomic mass is 9.92. The number of nitrogens with two attached hydrogens (primary N) is 1. The van der Waals surface area contributed by atoms with E-state index in [2.05, 4.69) is 67.0 Å². The van der Waals surface area contributed by atoms with E-state index in [0.717, 1.165) is 18.7 Å². The molecule has 0 radical (unpaired) electrons. The zero-order valence-corrected chi connectivity index (χ0v) is 14.6. The summed E-state index contributed by atoms with van der Waals surface area (Å²) in [4.78, 5) is 1.44. The van der Waals surface area contributed by atoms with E-state index >= 15 is 0 Å². The van der Waals surface area contributed by atoms with Gasteiger partial charge in [-0.25, -0.2) is 0 Å². The third-order valence-electron chi connectivity index (χ3n) is 4.33. The molecule has 0 fully saturated rings. The second-order valence-corrected chi connectivity index (χ2v) is 7.08. The first-order valence-electron chi connectivity index (χ1n) is 8.20. The van der Waals surface area contributed by atoms with Crippen molar-refractivity contribution < 1.29 is 9.73 Å². The molecular weight excluding hydrogens is 302 g/mol. The number of aryl methyl sites for hydroxylation is 1. The van der Waals surface area contributed by atoms with Gasteiger partial charge >= 0.3 is 0 Å². The summed E-state index contributed by atoms with van der Waals surface area (Å²) >= 11 is 1.84. The van der Waals surface area contributed by atoms with Crippen LogP contribution in [-0.4, -0.2) is 6.54 Å². The first kappa shape index (κ1) is 16.0. The molecule has 2 atom stereocenters. The molecule has 0 aliphatic rings. The van der Waals surface area contributed by atoms with Crippen molar-refractivity contribution in [3.8, 4) is 0 Å². The molecule has 0 aliphatic carbocycles. The van der Waals surface area contributed by atoms with Gasteiger partial charge in [0.1, 0.15) is 11.8 Å². The quantitative estimate of drug-likeness (QED) is 0.681. The molecule has 3 aromatic rings. The van der Waals surface area contributed by atoms with Crippen LogP contribution in [0.2, 0.25) is 0 Å². The van der Waals surface area contributed by atoms with Crippen LogP contribution in [0.1, 0.15) is 47.1 Å². The Morgan fingerprint density at radius 3 is 2.57 bits per heavy atom. The highest BCUT2D eigenvalue weighted by Gasteiger charge is 2.18. The molecule has 3 heteroatoms. The van der Waals surface area contributed by atoms with Crippen molar-refractivity contribution in [2.75, 3.05) is 6.54 Å². The molecule has 0 aliphatic heterocycles. The lowest BCUT2D eigenvalue weighted by molar-refractivity contribution is -0.692. The predicted molar refractivity (Wildman–Crippen MR) is 95.9 cm³/mol. The van der Waals surface area contributed by atoms with Gasteiger partial charge in [0, 0.05) is 12.3 Å². The van der Waals surface area contributed by atoms with Crippen LogP contribution in [0.4, 0.5) is 0 Å². The molecule has 0 bridgehead atoms. The molecule has 120 valence electrons. The Morgan fingerprint density at radius 1 is 1.09 bits per heavy atom. The third kappa shape index (κ3) is 4.12. The largest absolute Gasteiger partial charge is 0.469 e. The second kappa shape index (κ2) is 7.62. The number of thiophene rings is 1. The minimum Gasteiger partial charge on any atom is -0.469 e. The fourth-order valence-electron chi connectivity index (χ4n) is 2.94. The van der Waals surface area contributed by atoms with E-state index in [0.29, 0.717) is 12.0 Å². The average Bonchev–Trinajstić information content (AvgIpc) is 3.26. The molecule has 2 nitrogen and oxygen atoms in total. The third-order valence-corrected chi connectivity index (χ3v) is 5.41. The Balaban J connectivity index is 1.66. The Kier molecular flexibility index (Phi) is 5.31. The van der Waals surface area contributed by atoms with Gasteiger partial charge in [0.05, 0.1) is 17.7 Å². The zero-order valence-electron chi connectivity index (χ0n) is 13.7. The molecule has 23 heavy (non-hydrogen) atoms. The van der Waals surface area contributed by atoms with Crippen LogP contribution in [0, 0.1) is 6.92 Å². The minimum atomic E-state index is 0.331. The van der Waals surface area contributed by atoms with Gasteiger partial charge in [0.15, 0.2) is 0 Å². The smallest absolute Gasteiger partial charge is 0.118 e. The van der Waals surface area contributed by atoms with Gasteiger partial charge in [-0.05, 0) is 43.0 Å². The normalized spacial score (nSPS) is 13.8. The molecule has 0 unspecified atom stereocenters. The number of benzene rings is 1. The Bertz CT molecular complexity index is 686. The monoisotopic (exact) mass is 326 g/mol. The topological polar surface area (TPSA) is 29.8 Å². The van der Waals surface area contributed by atoms with E-state index in [1.807, 2.05) is 17.4 Å². The summed E-state index contributed by atoms with van der Waals surface area (Å²) in [5, 5.41) is 4.58. The highest BCUT2D eigenvalue weighted by Crippen LogP contribution is 2.28. The number of furan rings is 1. The van der Waals surface area contributed by atoms with E-state index in [-0.39, 0.29) is 0 Å². The van der Waals surface area contributed by atoms with Crippen molar-refractivity contribution in [2.45, 2.75) is 32.2 Å². The van der Waals surface area contributed by atoms with Gasteiger partial charge in [0.2, 0.25) is 0 Å². The van der Waals surface area contributed by atoms with E-state index in [4.69, 9.17) is 4.42 Å². The maximum absolute atomic E-state index is 5.70. The van der Waals surface area contributed by atoms with Crippen LogP contribution in [0.15, 0.2) is 64.6 Å². The first-order valence-corrected chi connectivity index (χ1v) is 9.08. The van der Waals surface area contributed by atoms with E-state index in [9.17, 15) is 0 Å². The molecule has 2 aromatic heterocycles. The van der Waals surface area contributed by atoms with E-state index in [1.54, 1.807) is 6.26 Å². The summed E-state index contributed by atoms with van der Waals surface area (Å²) in [6.45, 7) is 5.49. The van der Waals surface area contributed by atoms with Crippen LogP contribution in [0.25, 0.3) is 0 Å². The molecule has 3 rings (SSSR count). The minimum absolute atomic E-state index is 0.331. The van der Waals surface area contributed by atoms with Crippen molar-refractivity contribution in [1.29, 1.82) is 0 Å². The summed E-state index contributed by atoms with van der Waals surface area (Å²) in [5.74, 6) is 1.39. The standard InChI is InChI=1S/C20H23NOS/c1-15-7-9-17(10-8-15)18(19-5-3-13-22-19)11-12-21-16(2)20-6-4-14-23-20/h3-10,13-14,16,18,21H,11-12H2,1-2H3/p+1/t16-,18+/m0/s1. The summed E-state index contributed by atoms with van der Waals surface area (Å²) < 4.78 is 5.70. The molecule has 1 aromatic carbocycles. The van der Waals surface area contributed by atoms with Crippen LogP contribution < -0.4 is 5.32 Å². The van der Waals surface area contributed by atoms with Crippen molar-refractivity contribution in [3.05, 3.63) is 81.9 Å². The summed E-state index contributed by atoms with van der Waals surface area (Å²) in [6, 6.07) is 17.8. The average molecular weight is 326 g/mol. The molecule has 0 spiro atoms. The highest BCUT2D eigenvalue weighted by molar-refractivity contribution is 7.10. The van der Waals surface area contributed by atoms with E-state index < -0.39 is 0 Å². The lowest BCUT2D eigenvalue weighted by Gasteiger charge is -2.16. The molecule has 0 saturated heterocycles. The van der Waals surface area contributed by atoms with E-state index in [1.165, 1.54) is 16.0 Å². The van der Waals surface area contributed by atoms with Gasteiger partial charge in [-0.1, -0.05) is 35.9 Å². The second-order valence-electron chi connectivity index (χ2n) is 6.10. The van der Waals surface area contributed by atoms with Crippen molar-refractivity contribution in [2.24, 2.45) is 0 Å². The van der Waals surface area contributed by atoms with Crippen LogP contribution in [0.3, 0.4) is 0 Å². The zero-order chi connectivity index (χ0) is 16.1. The van der Waals surface area contributed by atoms with Gasteiger partial charge in [0.25, 0.3) is 0 Å². The summed E-state index contributed by atoms with van der Waals surface area (Å²) in [6.07, 6.45) is 2.85. The van der Waals surface area contributed by atoms with Gasteiger partial charge in [-0.3, -0.25) is 0 Å². The molecular formula is C20H24NOS+. The Morgan fingerprint density at radius 2 is 1.91 bits per heavy atom. The van der Waals surface area contributed by atoms with Crippen molar-refractivity contribution in [3.63, 3.8) is 0 Å². The summed E-state index contributed by atoms with van der Waals surface area (Å²) in [7, 11) is 0. The number of hydrogen-bond donors (Lipinski definition) is 1. The predicted octanol–water partition coefficient (Wildman–Crippen LogP) is 4.50. The molecule has 0 amide bonds. The van der Waals surface area contributed by atoms with Gasteiger partial charge in [-0.2, -0.15) is 0 Å². The van der Waals surface area contributed by atoms with Gasteiger partial charge < -0.3 is 9.73 Å². The maximum Gasteiger partial charge on any atom is 0.118 e. The van der Waals surface area contributed by atoms with Crippen molar-refractivity contribution >= 4 is 11.3 Å². The summed E-state index contributed by atoms with van der Waals surface area (Å²) in [5.41, 5.74) is 2.63. The fraction of sp³-hybridized carbons (Fsp3) is 0.300. The number of quaternary nitrogens is 1. The lowest BCUT2D eigenvalue weighted by Crippen LogP contribution is -2.84. The molecule has 2 heterocycles. The highest BCUT2D eigenvalue weighted by atomic mass is 32.1. The van der Waals surface area contributed by atoms with Crippen LogP contribution in [0.5, 0.6) is 0 Å². The van der Waals surface area contributed by atoms with Gasteiger partial charge in [-0.15, -0.1) is 11.3 Å². The Labute approximate surface area is 142 Å². The number of hydrogen-bond acceptors (Lipinski definition) is 2. The molecule has 2 N–H and O–H groups in total.